The van der Waals surface area contributed by atoms with Gasteiger partial charge >= 0.3 is 0 Å². The van der Waals surface area contributed by atoms with Crippen LogP contribution in [0, 0.1) is 22.7 Å². The van der Waals surface area contributed by atoms with Crippen molar-refractivity contribution >= 4 is 95.6 Å². The fourth-order valence-corrected chi connectivity index (χ4v) is 4.91. The van der Waals surface area contributed by atoms with Gasteiger partial charge in [0.15, 0.2) is 0 Å². The molecule has 0 atom stereocenters. The Labute approximate surface area is 216 Å². The fraction of sp³-hybridized carbons (Fsp3) is 0.300. The van der Waals surface area contributed by atoms with E-state index in [4.69, 9.17) is 10.5 Å². The molecule has 1 aliphatic rings. The number of nitrogens with zero attached hydrogens (tertiary/aromatic N) is 2. The number of benzene rings is 2. The number of halogens is 6. The minimum atomic E-state index is -0.188. The lowest BCUT2D eigenvalue weighted by atomic mass is 9.98. The molecule has 0 bridgehead atoms. The van der Waals surface area contributed by atoms with Crippen LogP contribution in [-0.2, 0) is 11.8 Å². The molecule has 2 aromatic rings. The summed E-state index contributed by atoms with van der Waals surface area (Å²) in [6.45, 7) is 0. The molecule has 148 valence electrons. The summed E-state index contributed by atoms with van der Waals surface area (Å²) in [4.78, 5) is 0. The van der Waals surface area contributed by atoms with E-state index in [1.54, 1.807) is 0 Å². The monoisotopic (exact) mass is 758 g/mol. The van der Waals surface area contributed by atoms with Gasteiger partial charge in [-0.15, -0.1) is 0 Å². The van der Waals surface area contributed by atoms with Crippen LogP contribution in [0.2, 0.25) is 0 Å². The molecule has 0 unspecified atom stereocenters. The molecule has 1 aliphatic carbocycles. The van der Waals surface area contributed by atoms with E-state index in [0.29, 0.717) is 6.42 Å². The van der Waals surface area contributed by atoms with E-state index >= 15 is 0 Å². The average Bonchev–Trinajstić information content (AvgIpc) is 3.42. The highest BCUT2D eigenvalue weighted by atomic mass is 79.9. The second-order valence-electron chi connectivity index (χ2n) is 5.84. The molecule has 0 heterocycles. The maximum Gasteiger partial charge on any atom is 0.0824 e. The molecule has 0 amide bonds. The van der Waals surface area contributed by atoms with Crippen molar-refractivity contribution in [1.29, 1.82) is 10.5 Å². The normalized spacial score (nSPS) is 13.0. The van der Waals surface area contributed by atoms with E-state index in [9.17, 15) is 0 Å². The lowest BCUT2D eigenvalue weighted by Crippen LogP contribution is -2.01. The quantitative estimate of drug-likeness (QED) is 0.294. The topological polar surface area (TPSA) is 47.6 Å². The van der Waals surface area contributed by atoms with Crippen molar-refractivity contribution in [2.45, 2.75) is 24.7 Å². The van der Waals surface area contributed by atoms with Gasteiger partial charge in [0.2, 0.25) is 0 Å². The van der Waals surface area contributed by atoms with Crippen LogP contribution in [0.4, 0.5) is 0 Å². The molecule has 28 heavy (non-hydrogen) atoms. The average molecular weight is 764 g/mol. The predicted molar refractivity (Wildman–Crippen MR) is 137 cm³/mol. The van der Waals surface area contributed by atoms with E-state index < -0.39 is 0 Å². The molecule has 2 aromatic carbocycles. The second-order valence-corrected chi connectivity index (χ2v) is 11.1. The van der Waals surface area contributed by atoms with Crippen LogP contribution in [0.5, 0.6) is 0 Å². The highest BCUT2D eigenvalue weighted by molar-refractivity contribution is 9.12. The first-order valence-corrected chi connectivity index (χ1v) is 13.5. The third-order valence-electron chi connectivity index (χ3n) is 3.66. The standard InChI is InChI=1S/C10H7Br2N.C8H5Br2N.C2H4Br2/c11-8-3-7(4-9(12)5-8)10(6-13)1-2-10;9-7-3-6(1-2-11)4-8(10)5-7;3-1-2-4/h3-5H,1-2H2;3-5H,1H2;1-2H2. The summed E-state index contributed by atoms with van der Waals surface area (Å²) in [5.74, 6) is 0. The Bertz CT molecular complexity index is 823. The summed E-state index contributed by atoms with van der Waals surface area (Å²) in [7, 11) is 0. The summed E-state index contributed by atoms with van der Waals surface area (Å²) in [5, 5.41) is 19.5. The Hall–Kier alpha value is 0.300. The summed E-state index contributed by atoms with van der Waals surface area (Å²) >= 11 is 19.9. The van der Waals surface area contributed by atoms with Crippen molar-refractivity contribution in [3.63, 3.8) is 0 Å². The van der Waals surface area contributed by atoms with E-state index in [2.05, 4.69) is 108 Å². The summed E-state index contributed by atoms with van der Waals surface area (Å²) in [6, 6.07) is 16.3. The number of hydrogen-bond acceptors (Lipinski definition) is 2. The van der Waals surface area contributed by atoms with Crippen molar-refractivity contribution in [2.24, 2.45) is 0 Å². The maximum atomic E-state index is 9.01. The molecule has 1 fully saturated rings. The summed E-state index contributed by atoms with van der Waals surface area (Å²) in [5.41, 5.74) is 1.96. The molecule has 8 heteroatoms. The van der Waals surface area contributed by atoms with Crippen molar-refractivity contribution in [3.05, 3.63) is 65.4 Å². The minimum absolute atomic E-state index is 0.188. The number of hydrogen-bond donors (Lipinski definition) is 0. The van der Waals surface area contributed by atoms with Crippen LogP contribution in [0.25, 0.3) is 0 Å². The first-order valence-electron chi connectivity index (χ1n) is 8.12. The van der Waals surface area contributed by atoms with Crippen LogP contribution in [-0.4, -0.2) is 10.7 Å². The summed E-state index contributed by atoms with van der Waals surface area (Å²) < 4.78 is 4.05. The molecule has 2 nitrogen and oxygen atoms in total. The Kier molecular flexibility index (Phi) is 12.8. The van der Waals surface area contributed by atoms with Gasteiger partial charge < -0.3 is 0 Å². The molecule has 3 rings (SSSR count). The molecular formula is C20H16Br6N2. The molecule has 1 saturated carbocycles. The smallest absolute Gasteiger partial charge is 0.0824 e. The lowest BCUT2D eigenvalue weighted by Gasteiger charge is -2.06. The molecular weight excluding hydrogens is 748 g/mol. The first-order chi connectivity index (χ1) is 13.3. The molecule has 0 saturated heterocycles. The van der Waals surface area contributed by atoms with Crippen LogP contribution < -0.4 is 0 Å². The lowest BCUT2D eigenvalue weighted by molar-refractivity contribution is 0.906. The Morgan fingerprint density at radius 1 is 0.750 bits per heavy atom. The minimum Gasteiger partial charge on any atom is -0.198 e. The van der Waals surface area contributed by atoms with Crippen molar-refractivity contribution < 1.29 is 0 Å². The Balaban J connectivity index is 0.000000239. The molecule has 0 aromatic heterocycles. The number of alkyl halides is 2. The van der Waals surface area contributed by atoms with Gasteiger partial charge in [-0.1, -0.05) is 95.6 Å². The first kappa shape index (κ1) is 26.3. The van der Waals surface area contributed by atoms with Crippen molar-refractivity contribution in [2.75, 3.05) is 10.7 Å². The van der Waals surface area contributed by atoms with Gasteiger partial charge in [-0.3, -0.25) is 0 Å². The second kappa shape index (κ2) is 13.6. The van der Waals surface area contributed by atoms with Gasteiger partial charge in [-0.2, -0.15) is 10.5 Å². The third kappa shape index (κ3) is 9.41. The molecule has 0 spiro atoms. The van der Waals surface area contributed by atoms with E-state index in [1.807, 2.05) is 36.4 Å². The highest BCUT2D eigenvalue weighted by Crippen LogP contribution is 2.48. The zero-order valence-corrected chi connectivity index (χ0v) is 24.2. The molecule has 0 N–H and O–H groups in total. The predicted octanol–water partition coefficient (Wildman–Crippen LogP) is 8.82. The maximum absolute atomic E-state index is 9.01. The van der Waals surface area contributed by atoms with Crippen molar-refractivity contribution in [3.8, 4) is 12.1 Å². The van der Waals surface area contributed by atoms with Crippen molar-refractivity contribution in [1.82, 2.24) is 0 Å². The SMILES string of the molecule is BrCCBr.N#CC1(c2cc(Br)cc(Br)c2)CC1.N#CCc1cc(Br)cc(Br)c1. The fourth-order valence-electron chi connectivity index (χ4n) is 2.22. The van der Waals surface area contributed by atoms with Crippen LogP contribution >= 0.6 is 95.6 Å². The van der Waals surface area contributed by atoms with Crippen LogP contribution in [0.3, 0.4) is 0 Å². The molecule has 0 aliphatic heterocycles. The number of nitriles is 2. The van der Waals surface area contributed by atoms with E-state index in [1.165, 1.54) is 0 Å². The number of rotatable bonds is 3. The third-order valence-corrected chi connectivity index (χ3v) is 7.34. The van der Waals surface area contributed by atoms with Gasteiger partial charge in [0.25, 0.3) is 0 Å². The van der Waals surface area contributed by atoms with Crippen LogP contribution in [0.1, 0.15) is 24.0 Å². The van der Waals surface area contributed by atoms with Gasteiger partial charge in [0.1, 0.15) is 0 Å². The van der Waals surface area contributed by atoms with Gasteiger partial charge in [-0.05, 0) is 60.4 Å². The largest absolute Gasteiger partial charge is 0.198 e. The Morgan fingerprint density at radius 3 is 1.50 bits per heavy atom. The summed E-state index contributed by atoms with van der Waals surface area (Å²) in [6.07, 6.45) is 2.44. The van der Waals surface area contributed by atoms with E-state index in [0.717, 1.165) is 52.5 Å². The van der Waals surface area contributed by atoms with Gasteiger partial charge in [0.05, 0.1) is 24.0 Å². The zero-order chi connectivity index (χ0) is 21.2. The van der Waals surface area contributed by atoms with Crippen LogP contribution in [0.15, 0.2) is 54.3 Å². The zero-order valence-electron chi connectivity index (χ0n) is 14.7. The van der Waals surface area contributed by atoms with Gasteiger partial charge in [-0.25, -0.2) is 0 Å². The van der Waals surface area contributed by atoms with E-state index in [-0.39, 0.29) is 5.41 Å². The highest BCUT2D eigenvalue weighted by Gasteiger charge is 2.45. The Morgan fingerprint density at radius 2 is 1.18 bits per heavy atom. The molecule has 0 radical (unpaired) electrons. The van der Waals surface area contributed by atoms with Gasteiger partial charge in [0, 0.05) is 28.6 Å².